The summed E-state index contributed by atoms with van der Waals surface area (Å²) in [4.78, 5) is 27.1. The lowest BCUT2D eigenvalue weighted by molar-refractivity contribution is 0.0572. The van der Waals surface area contributed by atoms with Crippen molar-refractivity contribution in [2.24, 2.45) is 0 Å². The molecule has 176 valence electrons. The van der Waals surface area contributed by atoms with Crippen molar-refractivity contribution >= 4 is 5.91 Å². The molecule has 0 unspecified atom stereocenters. The largest absolute Gasteiger partial charge is 0.336 e. The second-order valence-electron chi connectivity index (χ2n) is 9.62. The van der Waals surface area contributed by atoms with Crippen LogP contribution in [0.15, 0.2) is 42.7 Å². The van der Waals surface area contributed by atoms with Gasteiger partial charge < -0.3 is 4.90 Å². The van der Waals surface area contributed by atoms with E-state index in [9.17, 15) is 9.18 Å². The first-order valence-corrected chi connectivity index (χ1v) is 12.4. The Morgan fingerprint density at radius 2 is 1.74 bits per heavy atom. The molecule has 6 rings (SSSR count). The second kappa shape index (κ2) is 8.91. The average molecular weight is 461 g/mol. The van der Waals surface area contributed by atoms with Crippen LogP contribution in [0, 0.1) is 5.82 Å². The van der Waals surface area contributed by atoms with Crippen LogP contribution >= 0.6 is 0 Å². The van der Waals surface area contributed by atoms with Gasteiger partial charge in [-0.05, 0) is 43.9 Å². The number of halogens is 1. The number of amides is 1. The van der Waals surface area contributed by atoms with Gasteiger partial charge in [-0.15, -0.1) is 0 Å². The van der Waals surface area contributed by atoms with Crippen LogP contribution in [0.2, 0.25) is 0 Å². The molecule has 8 heteroatoms. The molecule has 1 aromatic carbocycles. The predicted molar refractivity (Wildman–Crippen MR) is 126 cm³/mol. The van der Waals surface area contributed by atoms with E-state index < -0.39 is 0 Å². The number of aromatic nitrogens is 4. The molecule has 0 bridgehead atoms. The van der Waals surface area contributed by atoms with Gasteiger partial charge in [-0.3, -0.25) is 9.69 Å². The number of hydrogen-bond donors (Lipinski definition) is 0. The van der Waals surface area contributed by atoms with Gasteiger partial charge in [-0.25, -0.2) is 19.0 Å². The van der Waals surface area contributed by atoms with Gasteiger partial charge in [0.2, 0.25) is 0 Å². The lowest BCUT2D eigenvalue weighted by Crippen LogP contribution is -2.51. The first-order valence-electron chi connectivity index (χ1n) is 12.4. The van der Waals surface area contributed by atoms with Gasteiger partial charge in [0.05, 0.1) is 23.1 Å². The molecule has 2 saturated carbocycles. The fourth-order valence-corrected chi connectivity index (χ4v) is 5.43. The number of piperazine rings is 1. The first kappa shape index (κ1) is 21.4. The fourth-order valence-electron chi connectivity index (χ4n) is 5.43. The topological polar surface area (TPSA) is 67.2 Å². The summed E-state index contributed by atoms with van der Waals surface area (Å²) in [6.45, 7) is 3.39. The molecule has 2 aromatic heterocycles. The van der Waals surface area contributed by atoms with Gasteiger partial charge in [0.25, 0.3) is 11.9 Å². The molecule has 3 heterocycles. The highest BCUT2D eigenvalue weighted by atomic mass is 19.1. The zero-order valence-corrected chi connectivity index (χ0v) is 19.2. The Morgan fingerprint density at radius 3 is 2.47 bits per heavy atom. The highest BCUT2D eigenvalue weighted by molar-refractivity contribution is 5.95. The van der Waals surface area contributed by atoms with Crippen molar-refractivity contribution in [1.29, 1.82) is 0 Å². The zero-order valence-electron chi connectivity index (χ0n) is 19.2. The van der Waals surface area contributed by atoms with Crippen LogP contribution < -0.4 is 0 Å². The lowest BCUT2D eigenvalue weighted by atomic mass is 10.1. The summed E-state index contributed by atoms with van der Waals surface area (Å²) in [6.07, 6.45) is 10.6. The van der Waals surface area contributed by atoms with Gasteiger partial charge in [-0.2, -0.15) is 5.10 Å². The van der Waals surface area contributed by atoms with Gasteiger partial charge >= 0.3 is 0 Å². The quantitative estimate of drug-likeness (QED) is 0.575. The number of nitrogens with zero attached hydrogens (tertiary/aromatic N) is 6. The van der Waals surface area contributed by atoms with E-state index in [0.29, 0.717) is 28.8 Å². The van der Waals surface area contributed by atoms with E-state index in [1.54, 1.807) is 41.3 Å². The van der Waals surface area contributed by atoms with Crippen LogP contribution in [0.3, 0.4) is 0 Å². The van der Waals surface area contributed by atoms with Gasteiger partial charge in [-0.1, -0.05) is 25.0 Å². The molecule has 3 fully saturated rings. The van der Waals surface area contributed by atoms with Crippen LogP contribution in [0.4, 0.5) is 4.39 Å². The number of rotatable bonds is 5. The Morgan fingerprint density at radius 1 is 0.971 bits per heavy atom. The molecule has 2 aliphatic carbocycles. The third-order valence-electron chi connectivity index (χ3n) is 7.43. The molecule has 0 radical (unpaired) electrons. The molecule has 34 heavy (non-hydrogen) atoms. The van der Waals surface area contributed by atoms with Crippen molar-refractivity contribution < 1.29 is 9.18 Å². The van der Waals surface area contributed by atoms with E-state index in [1.165, 1.54) is 31.7 Å². The van der Waals surface area contributed by atoms with Crippen LogP contribution in [-0.4, -0.2) is 67.7 Å². The van der Waals surface area contributed by atoms with Gasteiger partial charge in [0, 0.05) is 49.9 Å². The van der Waals surface area contributed by atoms with E-state index in [1.807, 2.05) is 4.90 Å². The van der Waals surface area contributed by atoms with Gasteiger partial charge in [0.1, 0.15) is 5.82 Å². The Bertz CT molecular complexity index is 1190. The van der Waals surface area contributed by atoms with Crippen LogP contribution in [0.5, 0.6) is 0 Å². The highest BCUT2D eigenvalue weighted by Crippen LogP contribution is 2.42. The number of carbonyl (C=O) groups is 1. The Balaban J connectivity index is 1.26. The lowest BCUT2D eigenvalue weighted by Gasteiger charge is -2.38. The second-order valence-corrected chi connectivity index (χ2v) is 9.62. The summed E-state index contributed by atoms with van der Waals surface area (Å²) in [6, 6.07) is 8.95. The van der Waals surface area contributed by atoms with Crippen LogP contribution in [-0.2, 0) is 0 Å². The molecule has 1 amide bonds. The summed E-state index contributed by atoms with van der Waals surface area (Å²) in [5.74, 6) is 0.363. The zero-order chi connectivity index (χ0) is 23.1. The van der Waals surface area contributed by atoms with Crippen molar-refractivity contribution in [3.63, 3.8) is 0 Å². The summed E-state index contributed by atoms with van der Waals surface area (Å²) in [7, 11) is 0. The molecule has 1 aliphatic heterocycles. The SMILES string of the molecule is O=C(c1cnn(-c2nccc(-c3ccccc3F)n2)c1C1CC1)N1CCN(C2CCCC2)CC1. The maximum atomic E-state index is 14.3. The van der Waals surface area contributed by atoms with E-state index in [0.717, 1.165) is 44.7 Å². The smallest absolute Gasteiger partial charge is 0.257 e. The molecule has 0 atom stereocenters. The number of hydrogen-bond acceptors (Lipinski definition) is 5. The monoisotopic (exact) mass is 460 g/mol. The molecule has 3 aromatic rings. The molecular weight excluding hydrogens is 431 g/mol. The number of benzene rings is 1. The first-order chi connectivity index (χ1) is 16.7. The standard InChI is InChI=1S/C26H29FN6O/c27-22-8-4-3-7-20(22)23-11-12-28-26(30-23)33-24(18-9-10-18)21(17-29-33)25(34)32-15-13-31(14-16-32)19-5-1-2-6-19/h3-4,7-8,11-12,17-19H,1-2,5-6,9-10,13-16H2. The van der Waals surface area contributed by atoms with Crippen molar-refractivity contribution in [3.05, 3.63) is 59.8 Å². The molecule has 0 spiro atoms. The van der Waals surface area contributed by atoms with E-state index in [4.69, 9.17) is 0 Å². The minimum Gasteiger partial charge on any atom is -0.336 e. The minimum atomic E-state index is -0.331. The Labute approximate surface area is 198 Å². The summed E-state index contributed by atoms with van der Waals surface area (Å²) in [5, 5.41) is 4.54. The van der Waals surface area contributed by atoms with E-state index in [2.05, 4.69) is 20.0 Å². The van der Waals surface area contributed by atoms with Crippen molar-refractivity contribution in [1.82, 2.24) is 29.5 Å². The highest BCUT2D eigenvalue weighted by Gasteiger charge is 2.36. The minimum absolute atomic E-state index is 0.0458. The molecule has 7 nitrogen and oxygen atoms in total. The molecule has 1 saturated heterocycles. The number of carbonyl (C=O) groups excluding carboxylic acids is 1. The maximum Gasteiger partial charge on any atom is 0.257 e. The third kappa shape index (κ3) is 4.00. The summed E-state index contributed by atoms with van der Waals surface area (Å²) < 4.78 is 16.0. The predicted octanol–water partition coefficient (Wildman–Crippen LogP) is 4.05. The average Bonchev–Trinajstić information content (AvgIpc) is 3.38. The molecule has 3 aliphatic rings. The Kier molecular flexibility index (Phi) is 5.61. The van der Waals surface area contributed by atoms with Crippen molar-refractivity contribution in [2.45, 2.75) is 50.5 Å². The van der Waals surface area contributed by atoms with Crippen LogP contribution in [0.1, 0.15) is 60.5 Å². The maximum absolute atomic E-state index is 14.3. The van der Waals surface area contributed by atoms with Crippen LogP contribution in [0.25, 0.3) is 17.2 Å². The Hall–Kier alpha value is -3.13. The molecule has 0 N–H and O–H groups in total. The van der Waals surface area contributed by atoms with Gasteiger partial charge in [0.15, 0.2) is 0 Å². The summed E-state index contributed by atoms with van der Waals surface area (Å²) in [5.41, 5.74) is 2.45. The fraction of sp³-hybridized carbons (Fsp3) is 0.462. The normalized spacial score (nSPS) is 19.6. The summed E-state index contributed by atoms with van der Waals surface area (Å²) >= 11 is 0. The van der Waals surface area contributed by atoms with E-state index >= 15 is 0 Å². The molecular formula is C26H29FN6O. The third-order valence-corrected chi connectivity index (χ3v) is 7.43. The van der Waals surface area contributed by atoms with E-state index in [-0.39, 0.29) is 17.6 Å². The van der Waals surface area contributed by atoms with Crippen molar-refractivity contribution in [2.75, 3.05) is 26.2 Å². The van der Waals surface area contributed by atoms with Crippen molar-refractivity contribution in [3.8, 4) is 17.2 Å².